The van der Waals surface area contributed by atoms with E-state index in [0.717, 1.165) is 6.54 Å². The normalized spacial score (nSPS) is 26.6. The fourth-order valence-electron chi connectivity index (χ4n) is 1.58. The molecule has 2 atom stereocenters. The van der Waals surface area contributed by atoms with Gasteiger partial charge in [-0.05, 0) is 5.56 Å². The number of rotatable bonds is 3. The third kappa shape index (κ3) is 2.32. The van der Waals surface area contributed by atoms with Crippen molar-refractivity contribution in [3.63, 3.8) is 0 Å². The Balaban J connectivity index is 1.82. The summed E-state index contributed by atoms with van der Waals surface area (Å²) in [5.74, 6) is 0. The Labute approximate surface area is 83.7 Å². The Morgan fingerprint density at radius 2 is 2.07 bits per heavy atom. The lowest BCUT2D eigenvalue weighted by Crippen LogP contribution is -2.38. The van der Waals surface area contributed by atoms with Crippen LogP contribution >= 0.6 is 0 Å². The van der Waals surface area contributed by atoms with Crippen LogP contribution in [0.25, 0.3) is 0 Å². The monoisotopic (exact) mass is 193 g/mol. The highest BCUT2D eigenvalue weighted by Crippen LogP contribution is 2.06. The van der Waals surface area contributed by atoms with E-state index >= 15 is 0 Å². The van der Waals surface area contributed by atoms with Crippen molar-refractivity contribution in [2.24, 2.45) is 0 Å². The summed E-state index contributed by atoms with van der Waals surface area (Å²) in [4.78, 5) is 0. The third-order valence-electron chi connectivity index (χ3n) is 2.46. The summed E-state index contributed by atoms with van der Waals surface area (Å²) >= 11 is 0. The summed E-state index contributed by atoms with van der Waals surface area (Å²) < 4.78 is 5.15. The second-order valence-electron chi connectivity index (χ2n) is 3.58. The lowest BCUT2D eigenvalue weighted by atomic mass is 10.2. The van der Waals surface area contributed by atoms with E-state index in [9.17, 15) is 5.11 Å². The molecule has 2 N–H and O–H groups in total. The van der Waals surface area contributed by atoms with Crippen molar-refractivity contribution in [3.05, 3.63) is 35.9 Å². The molecule has 1 aliphatic heterocycles. The molecule has 14 heavy (non-hydrogen) atoms. The maximum Gasteiger partial charge on any atom is 0.0948 e. The second kappa shape index (κ2) is 4.55. The number of hydrogen-bond donors (Lipinski definition) is 2. The molecule has 76 valence electrons. The first-order chi connectivity index (χ1) is 6.86. The number of nitrogens with one attached hydrogen (secondary N) is 1. The molecule has 3 nitrogen and oxygen atoms in total. The minimum atomic E-state index is -0.362. The molecule has 1 aliphatic rings. The maximum absolute atomic E-state index is 9.48. The van der Waals surface area contributed by atoms with E-state index in [1.54, 1.807) is 0 Å². The average molecular weight is 193 g/mol. The van der Waals surface area contributed by atoms with Crippen LogP contribution in [0.1, 0.15) is 5.56 Å². The molecule has 1 fully saturated rings. The average Bonchev–Trinajstić information content (AvgIpc) is 2.63. The minimum absolute atomic E-state index is 0.0789. The van der Waals surface area contributed by atoms with Gasteiger partial charge in [0.2, 0.25) is 0 Å². The fourth-order valence-corrected chi connectivity index (χ4v) is 1.58. The van der Waals surface area contributed by atoms with Gasteiger partial charge in [-0.15, -0.1) is 0 Å². The standard InChI is InChI=1S/C11H15NO2/c13-11-8-14-7-10(11)12-6-9-4-2-1-3-5-9/h1-5,10-13H,6-8H2/t10-,11-/m1/s1. The number of hydrogen-bond acceptors (Lipinski definition) is 3. The van der Waals surface area contributed by atoms with Crippen LogP contribution < -0.4 is 5.32 Å². The molecule has 1 heterocycles. The molecule has 0 radical (unpaired) electrons. The summed E-state index contributed by atoms with van der Waals surface area (Å²) in [5, 5.41) is 12.8. The van der Waals surface area contributed by atoms with Crippen LogP contribution in [-0.2, 0) is 11.3 Å². The molecule has 0 amide bonds. The summed E-state index contributed by atoms with van der Waals surface area (Å²) in [6, 6.07) is 10.2. The Morgan fingerprint density at radius 1 is 1.29 bits per heavy atom. The number of benzene rings is 1. The highest BCUT2D eigenvalue weighted by Gasteiger charge is 2.25. The van der Waals surface area contributed by atoms with Crippen LogP contribution in [-0.4, -0.2) is 30.5 Å². The predicted molar refractivity (Wildman–Crippen MR) is 53.9 cm³/mol. The summed E-state index contributed by atoms with van der Waals surface area (Å²) in [6.07, 6.45) is -0.362. The highest BCUT2D eigenvalue weighted by molar-refractivity contribution is 5.14. The molecule has 0 aromatic heterocycles. The topological polar surface area (TPSA) is 41.5 Å². The largest absolute Gasteiger partial charge is 0.389 e. The van der Waals surface area contributed by atoms with E-state index in [0.29, 0.717) is 13.2 Å². The minimum Gasteiger partial charge on any atom is -0.389 e. The number of ether oxygens (including phenoxy) is 1. The van der Waals surface area contributed by atoms with Crippen LogP contribution in [0.2, 0.25) is 0 Å². The third-order valence-corrected chi connectivity index (χ3v) is 2.46. The van der Waals surface area contributed by atoms with E-state index in [4.69, 9.17) is 4.74 Å². The second-order valence-corrected chi connectivity index (χ2v) is 3.58. The van der Waals surface area contributed by atoms with Crippen LogP contribution in [0.4, 0.5) is 0 Å². The van der Waals surface area contributed by atoms with Crippen molar-refractivity contribution in [3.8, 4) is 0 Å². The zero-order valence-electron chi connectivity index (χ0n) is 8.02. The van der Waals surface area contributed by atoms with Crippen LogP contribution in [0.3, 0.4) is 0 Å². The predicted octanol–water partition coefficient (Wildman–Crippen LogP) is 0.536. The number of aliphatic hydroxyl groups is 1. The smallest absolute Gasteiger partial charge is 0.0948 e. The Hall–Kier alpha value is -0.900. The Morgan fingerprint density at radius 3 is 2.71 bits per heavy atom. The molecule has 0 bridgehead atoms. The van der Waals surface area contributed by atoms with E-state index in [2.05, 4.69) is 17.4 Å². The zero-order valence-corrected chi connectivity index (χ0v) is 8.02. The van der Waals surface area contributed by atoms with E-state index < -0.39 is 0 Å². The highest BCUT2D eigenvalue weighted by atomic mass is 16.5. The lowest BCUT2D eigenvalue weighted by Gasteiger charge is -2.14. The van der Waals surface area contributed by atoms with Crippen molar-refractivity contribution in [2.45, 2.75) is 18.7 Å². The molecule has 0 aliphatic carbocycles. The molecule has 3 heteroatoms. The van der Waals surface area contributed by atoms with Gasteiger partial charge in [0.15, 0.2) is 0 Å². The van der Waals surface area contributed by atoms with Crippen molar-refractivity contribution in [2.75, 3.05) is 13.2 Å². The molecule has 0 spiro atoms. The van der Waals surface area contributed by atoms with Crippen molar-refractivity contribution in [1.29, 1.82) is 0 Å². The van der Waals surface area contributed by atoms with Gasteiger partial charge >= 0.3 is 0 Å². The van der Waals surface area contributed by atoms with E-state index in [1.807, 2.05) is 18.2 Å². The zero-order chi connectivity index (χ0) is 9.80. The van der Waals surface area contributed by atoms with Gasteiger partial charge in [0.1, 0.15) is 0 Å². The molecule has 1 aromatic rings. The lowest BCUT2D eigenvalue weighted by molar-refractivity contribution is 0.122. The van der Waals surface area contributed by atoms with Crippen molar-refractivity contribution >= 4 is 0 Å². The van der Waals surface area contributed by atoms with Gasteiger partial charge < -0.3 is 15.2 Å². The maximum atomic E-state index is 9.48. The Kier molecular flexibility index (Phi) is 3.14. The van der Waals surface area contributed by atoms with Crippen LogP contribution in [0.5, 0.6) is 0 Å². The summed E-state index contributed by atoms with van der Waals surface area (Å²) in [6.45, 7) is 1.84. The first kappa shape index (κ1) is 9.65. The molecular weight excluding hydrogens is 178 g/mol. The fraction of sp³-hybridized carbons (Fsp3) is 0.455. The van der Waals surface area contributed by atoms with Gasteiger partial charge in [-0.2, -0.15) is 0 Å². The summed E-state index contributed by atoms with van der Waals surface area (Å²) in [5.41, 5.74) is 1.23. The summed E-state index contributed by atoms with van der Waals surface area (Å²) in [7, 11) is 0. The van der Waals surface area contributed by atoms with Gasteiger partial charge in [-0.25, -0.2) is 0 Å². The molecule has 0 saturated carbocycles. The van der Waals surface area contributed by atoms with Crippen LogP contribution in [0.15, 0.2) is 30.3 Å². The van der Waals surface area contributed by atoms with Gasteiger partial charge in [0, 0.05) is 6.54 Å². The van der Waals surface area contributed by atoms with Gasteiger partial charge in [-0.1, -0.05) is 30.3 Å². The number of aliphatic hydroxyl groups excluding tert-OH is 1. The Bertz CT molecular complexity index is 276. The molecular formula is C11H15NO2. The van der Waals surface area contributed by atoms with Crippen LogP contribution in [0, 0.1) is 0 Å². The molecule has 0 unspecified atom stereocenters. The molecule has 2 rings (SSSR count). The van der Waals surface area contributed by atoms with E-state index in [1.165, 1.54) is 5.56 Å². The molecule has 1 aromatic carbocycles. The van der Waals surface area contributed by atoms with Crippen molar-refractivity contribution < 1.29 is 9.84 Å². The SMILES string of the molecule is O[C@@H]1COC[C@H]1NCc1ccccc1. The van der Waals surface area contributed by atoms with Crippen molar-refractivity contribution in [1.82, 2.24) is 5.32 Å². The molecule has 1 saturated heterocycles. The first-order valence-electron chi connectivity index (χ1n) is 4.89. The van der Waals surface area contributed by atoms with Gasteiger partial charge in [0.05, 0.1) is 25.4 Å². The first-order valence-corrected chi connectivity index (χ1v) is 4.89. The quantitative estimate of drug-likeness (QED) is 0.736. The van der Waals surface area contributed by atoms with Gasteiger partial charge in [0.25, 0.3) is 0 Å². The van der Waals surface area contributed by atoms with Gasteiger partial charge in [-0.3, -0.25) is 0 Å². The van der Waals surface area contributed by atoms with E-state index in [-0.39, 0.29) is 12.1 Å².